The van der Waals surface area contributed by atoms with Crippen molar-refractivity contribution < 1.29 is 50.9 Å². The van der Waals surface area contributed by atoms with Gasteiger partial charge < -0.3 is 28.1 Å². The Morgan fingerprint density at radius 2 is 1.42 bits per heavy atom. The molecule has 0 saturated carbocycles. The van der Waals surface area contributed by atoms with Crippen molar-refractivity contribution in [3.05, 3.63) is 115 Å². The molecule has 0 aliphatic carbocycles. The highest BCUT2D eigenvalue weighted by Crippen LogP contribution is 2.43. The van der Waals surface area contributed by atoms with Gasteiger partial charge in [0.15, 0.2) is 5.69 Å². The first-order valence-electron chi connectivity index (χ1n) is 18.3. The number of amides is 2. The van der Waals surface area contributed by atoms with E-state index >= 15 is 13.2 Å². The number of carbonyl (C=O) groups is 2. The minimum Gasteiger partial charge on any atom is -0.471 e. The maximum Gasteiger partial charge on any atom is 0.424 e. The molecule has 0 spiro atoms. The lowest BCUT2D eigenvalue weighted by atomic mass is 10.1. The van der Waals surface area contributed by atoms with Crippen molar-refractivity contribution in [2.45, 2.75) is 104 Å². The van der Waals surface area contributed by atoms with Gasteiger partial charge in [-0.25, -0.2) is 14.6 Å². The van der Waals surface area contributed by atoms with Crippen LogP contribution in [-0.2, 0) is 38.3 Å². The minimum atomic E-state index is -5.12. The quantitative estimate of drug-likeness (QED) is 0.0945. The second-order valence-corrected chi connectivity index (χ2v) is 14.9. The van der Waals surface area contributed by atoms with Crippen LogP contribution >= 0.6 is 0 Å². The van der Waals surface area contributed by atoms with Gasteiger partial charge in [-0.3, -0.25) is 0 Å². The summed E-state index contributed by atoms with van der Waals surface area (Å²) in [6.45, 7) is 16.8. The molecule has 2 unspecified atom stereocenters. The SMILES string of the molecule is C=CCCC(OCc1ccccc1)c1nnc(-c2nc(OC(CC=C)COCc3ccccc3)c(C(F)(F)F)cc2N(C(=O)OC(C)(C)C)C(=O)OC(C)(C)C)o1. The van der Waals surface area contributed by atoms with Crippen LogP contribution in [0.4, 0.5) is 28.4 Å². The summed E-state index contributed by atoms with van der Waals surface area (Å²) in [5, 5.41) is 8.28. The van der Waals surface area contributed by atoms with Crippen molar-refractivity contribution in [2.24, 2.45) is 0 Å². The van der Waals surface area contributed by atoms with E-state index in [0.717, 1.165) is 11.1 Å². The number of halogens is 3. The van der Waals surface area contributed by atoms with Crippen LogP contribution in [0.5, 0.6) is 5.88 Å². The molecule has 0 N–H and O–H groups in total. The van der Waals surface area contributed by atoms with Crippen molar-refractivity contribution >= 4 is 17.9 Å². The van der Waals surface area contributed by atoms with Crippen molar-refractivity contribution in [3.8, 4) is 17.5 Å². The highest BCUT2D eigenvalue weighted by atomic mass is 19.4. The van der Waals surface area contributed by atoms with Crippen LogP contribution in [0.2, 0.25) is 0 Å². The number of rotatable bonds is 17. The van der Waals surface area contributed by atoms with E-state index in [4.69, 9.17) is 28.1 Å². The minimum absolute atomic E-state index is 0.0437. The molecule has 2 heterocycles. The predicted octanol–water partition coefficient (Wildman–Crippen LogP) is 10.6. The number of pyridine rings is 1. The van der Waals surface area contributed by atoms with Gasteiger partial charge in [0.25, 0.3) is 5.89 Å². The molecule has 4 rings (SSSR count). The molecule has 0 aliphatic heterocycles. The summed E-state index contributed by atoms with van der Waals surface area (Å²) in [4.78, 5) is 32.2. The molecule has 0 aliphatic rings. The van der Waals surface area contributed by atoms with Crippen LogP contribution in [0.1, 0.15) is 89.5 Å². The van der Waals surface area contributed by atoms with E-state index in [1.54, 1.807) is 6.08 Å². The first-order valence-corrected chi connectivity index (χ1v) is 18.3. The number of carbonyl (C=O) groups excluding carboxylic acids is 2. The normalized spacial score (nSPS) is 13.0. The average molecular weight is 795 g/mol. The second-order valence-electron chi connectivity index (χ2n) is 14.9. The van der Waals surface area contributed by atoms with E-state index in [1.807, 2.05) is 60.7 Å². The fraction of sp³-hybridized carbons (Fsp3) is 0.405. The summed E-state index contributed by atoms with van der Waals surface area (Å²) < 4.78 is 80.0. The third kappa shape index (κ3) is 13.6. The van der Waals surface area contributed by atoms with Crippen molar-refractivity contribution in [1.29, 1.82) is 0 Å². The number of alkyl halides is 3. The summed E-state index contributed by atoms with van der Waals surface area (Å²) in [7, 11) is 0. The Labute approximate surface area is 330 Å². The Morgan fingerprint density at radius 3 is 1.95 bits per heavy atom. The highest BCUT2D eigenvalue weighted by molar-refractivity contribution is 6.11. The number of anilines is 1. The Morgan fingerprint density at radius 1 is 0.842 bits per heavy atom. The largest absolute Gasteiger partial charge is 0.471 e. The van der Waals surface area contributed by atoms with E-state index < -0.39 is 70.5 Å². The third-order valence-corrected chi connectivity index (χ3v) is 7.63. The standard InChI is InChI=1S/C42H49F3N4O8/c1-9-11-23-33(53-26-29-21-16-13-17-22-29)36-47-48-37(55-36)34-32(49(38(50)56-40(3,4)5)39(51)57-41(6,7)8)24-31(42(43,44)45)35(46-34)54-30(18-10-2)27-52-25-28-19-14-12-15-20-28/h9-10,12-17,19-22,24,30,33H,1-2,11,18,23,25-27H2,3-8H3. The van der Waals surface area contributed by atoms with E-state index in [-0.39, 0.29) is 32.1 Å². The number of hydrogen-bond donors (Lipinski definition) is 0. The van der Waals surface area contributed by atoms with Crippen molar-refractivity contribution in [3.63, 3.8) is 0 Å². The number of aromatic nitrogens is 3. The van der Waals surface area contributed by atoms with Crippen molar-refractivity contribution in [1.82, 2.24) is 15.2 Å². The van der Waals surface area contributed by atoms with Gasteiger partial charge in [-0.15, -0.1) is 23.4 Å². The predicted molar refractivity (Wildman–Crippen MR) is 206 cm³/mol. The lowest BCUT2D eigenvalue weighted by Crippen LogP contribution is -2.44. The monoisotopic (exact) mass is 794 g/mol. The molecule has 0 saturated heterocycles. The molecule has 12 nitrogen and oxygen atoms in total. The summed E-state index contributed by atoms with van der Waals surface area (Å²) in [6.07, 6.45) is -5.55. The van der Waals surface area contributed by atoms with Gasteiger partial charge >= 0.3 is 18.4 Å². The second kappa shape index (κ2) is 19.6. The Kier molecular flexibility index (Phi) is 15.2. The molecule has 2 aromatic heterocycles. The van der Waals surface area contributed by atoms with Gasteiger partial charge in [0.05, 0.1) is 25.5 Å². The van der Waals surface area contributed by atoms with E-state index in [9.17, 15) is 9.59 Å². The van der Waals surface area contributed by atoms with Gasteiger partial charge in [-0.2, -0.15) is 18.1 Å². The van der Waals surface area contributed by atoms with Gasteiger partial charge in [-0.1, -0.05) is 72.8 Å². The van der Waals surface area contributed by atoms with E-state index in [0.29, 0.717) is 23.8 Å². The Balaban J connectivity index is 1.89. The number of ether oxygens (including phenoxy) is 5. The number of hydrogen-bond acceptors (Lipinski definition) is 11. The first-order chi connectivity index (χ1) is 26.9. The van der Waals surface area contributed by atoms with Crippen LogP contribution in [0.25, 0.3) is 11.6 Å². The maximum absolute atomic E-state index is 15.0. The van der Waals surface area contributed by atoms with Crippen LogP contribution in [0, 0.1) is 0 Å². The third-order valence-electron chi connectivity index (χ3n) is 7.63. The zero-order valence-corrected chi connectivity index (χ0v) is 33.0. The van der Waals surface area contributed by atoms with Gasteiger partial charge in [0.1, 0.15) is 29.0 Å². The number of imide groups is 1. The smallest absolute Gasteiger partial charge is 0.424 e. The van der Waals surface area contributed by atoms with Crippen LogP contribution in [0.15, 0.2) is 96.5 Å². The zero-order chi connectivity index (χ0) is 41.8. The fourth-order valence-corrected chi connectivity index (χ4v) is 5.15. The average Bonchev–Trinajstić information content (AvgIpc) is 3.61. The molecule has 57 heavy (non-hydrogen) atoms. The summed E-state index contributed by atoms with van der Waals surface area (Å²) in [5.41, 5.74) is -3.34. The van der Waals surface area contributed by atoms with Crippen molar-refractivity contribution in [2.75, 3.05) is 11.5 Å². The molecule has 15 heteroatoms. The molecule has 0 radical (unpaired) electrons. The van der Waals surface area contributed by atoms with Crippen LogP contribution in [0.3, 0.4) is 0 Å². The molecule has 2 atom stereocenters. The summed E-state index contributed by atoms with van der Waals surface area (Å²) >= 11 is 0. The maximum atomic E-state index is 15.0. The van der Waals surface area contributed by atoms with Gasteiger partial charge in [-0.05, 0) is 71.6 Å². The van der Waals surface area contributed by atoms with Crippen LogP contribution < -0.4 is 9.64 Å². The number of nitrogens with zero attached hydrogens (tertiary/aromatic N) is 4. The molecule has 2 aromatic carbocycles. The molecule has 2 amide bonds. The highest BCUT2D eigenvalue weighted by Gasteiger charge is 2.42. The number of benzene rings is 2. The van der Waals surface area contributed by atoms with E-state index in [1.165, 1.54) is 47.6 Å². The molecule has 306 valence electrons. The molecule has 4 aromatic rings. The molecular formula is C42H49F3N4O8. The van der Waals surface area contributed by atoms with E-state index in [2.05, 4.69) is 28.3 Å². The first kappa shape index (κ1) is 44.2. The molecular weight excluding hydrogens is 745 g/mol. The lowest BCUT2D eigenvalue weighted by Gasteiger charge is -2.30. The molecule has 0 fully saturated rings. The van der Waals surface area contributed by atoms with Gasteiger partial charge in [0, 0.05) is 6.42 Å². The van der Waals surface area contributed by atoms with Crippen LogP contribution in [-0.4, -0.2) is 51.3 Å². The Bertz CT molecular complexity index is 1910. The summed E-state index contributed by atoms with van der Waals surface area (Å²) in [5.74, 6) is -1.41. The van der Waals surface area contributed by atoms with Gasteiger partial charge in [0.2, 0.25) is 11.8 Å². The fourth-order valence-electron chi connectivity index (χ4n) is 5.15. The lowest BCUT2D eigenvalue weighted by molar-refractivity contribution is -0.139. The molecule has 0 bridgehead atoms. The zero-order valence-electron chi connectivity index (χ0n) is 33.0. The topological polar surface area (TPSA) is 135 Å². The summed E-state index contributed by atoms with van der Waals surface area (Å²) in [6, 6.07) is 19.0. The Hall–Kier alpha value is -5.54. The number of allylic oxidation sites excluding steroid dienone is 1.